The Hall–Kier alpha value is -5.47. The van der Waals surface area contributed by atoms with Gasteiger partial charge in [0.15, 0.2) is 0 Å². The van der Waals surface area contributed by atoms with Crippen LogP contribution in [0, 0.1) is 0 Å². The molecule has 1 atom stereocenters. The third-order valence-corrected chi connectivity index (χ3v) is 14.3. The van der Waals surface area contributed by atoms with Crippen LogP contribution in [-0.4, -0.2) is 11.8 Å². The van der Waals surface area contributed by atoms with Gasteiger partial charge in [-0.3, -0.25) is 0 Å². The average molecular weight is 741 g/mol. The number of aliphatic imine (C=N–C) groups is 1. The molecule has 1 aliphatic heterocycles. The summed E-state index contributed by atoms with van der Waals surface area (Å²) in [5.41, 5.74) is 23.0. The Bertz CT molecular complexity index is 2580. The van der Waals surface area contributed by atoms with Gasteiger partial charge >= 0.3 is 0 Å². The van der Waals surface area contributed by atoms with Crippen molar-refractivity contribution in [3.05, 3.63) is 184 Å². The Kier molecular flexibility index (Phi) is 8.28. The third-order valence-electron chi connectivity index (χ3n) is 14.3. The van der Waals surface area contributed by atoms with Gasteiger partial charge < -0.3 is 5.32 Å². The molecule has 57 heavy (non-hydrogen) atoms. The largest absolute Gasteiger partial charge is 0.371 e. The fourth-order valence-corrected chi connectivity index (χ4v) is 11.5. The van der Waals surface area contributed by atoms with E-state index >= 15 is 0 Å². The maximum atomic E-state index is 5.67. The van der Waals surface area contributed by atoms with Crippen LogP contribution < -0.4 is 5.32 Å². The zero-order valence-electron chi connectivity index (χ0n) is 33.5. The summed E-state index contributed by atoms with van der Waals surface area (Å²) in [7, 11) is 0. The van der Waals surface area contributed by atoms with E-state index in [0.29, 0.717) is 0 Å². The van der Waals surface area contributed by atoms with Crippen molar-refractivity contribution in [3.63, 3.8) is 0 Å². The van der Waals surface area contributed by atoms with Crippen LogP contribution in [-0.2, 0) is 10.8 Å². The van der Waals surface area contributed by atoms with Gasteiger partial charge in [0.2, 0.25) is 0 Å². The van der Waals surface area contributed by atoms with Crippen LogP contribution in [0.5, 0.6) is 0 Å². The Morgan fingerprint density at radius 1 is 0.614 bits per heavy atom. The molecule has 11 rings (SSSR count). The molecular formula is C55H52N2. The SMILES string of the molecule is CC1(C)c2cc3c(cc2-c2cccc(-c4ccc(C5=C(C6=CC=CCC6)NC(C6=CCCC=C6)C(C6=CC=CCC6)=N5)cc4)c21)C1(CCCCC1)c1ccccc1-3. The fourth-order valence-electron chi connectivity index (χ4n) is 11.5. The van der Waals surface area contributed by atoms with Gasteiger partial charge in [-0.05, 0) is 136 Å². The summed E-state index contributed by atoms with van der Waals surface area (Å²) >= 11 is 0. The van der Waals surface area contributed by atoms with E-state index in [-0.39, 0.29) is 16.9 Å². The van der Waals surface area contributed by atoms with Gasteiger partial charge in [-0.1, -0.05) is 155 Å². The standard InChI is InChI=1S/C55H52N2/c1-54(2)47-34-44-42-24-13-14-27-46(42)55(32-15-6-16-33-55)48(44)35-45(47)43-26-17-25-41(49(43)54)36-28-30-40(31-29-36)53-52(39-22-11-5-12-23-39)56-50(37-18-7-3-8-19-37)51(57-53)38-20-9-4-10-21-38/h4-5,7,9,11,13-14,17-20,22,24-31,34-35,50,56H,3,6,8,10,12,15-16,21,23,32-33H2,1-2H3. The molecule has 6 aliphatic carbocycles. The number of hydrogen-bond donors (Lipinski definition) is 1. The number of hydrogen-bond acceptors (Lipinski definition) is 2. The van der Waals surface area contributed by atoms with Crippen molar-refractivity contribution in [2.24, 2.45) is 4.99 Å². The lowest BCUT2D eigenvalue weighted by Gasteiger charge is -2.36. The fraction of sp³-hybridized carbons (Fsp3) is 0.291. The molecule has 0 bridgehead atoms. The van der Waals surface area contributed by atoms with Gasteiger partial charge in [-0.15, -0.1) is 0 Å². The molecule has 0 aromatic heterocycles. The third kappa shape index (κ3) is 5.47. The second-order valence-electron chi connectivity index (χ2n) is 17.9. The van der Waals surface area contributed by atoms with Crippen molar-refractivity contribution < 1.29 is 0 Å². The summed E-state index contributed by atoms with van der Waals surface area (Å²) in [6.07, 6.45) is 33.4. The van der Waals surface area contributed by atoms with Crippen molar-refractivity contribution in [1.82, 2.24) is 5.32 Å². The summed E-state index contributed by atoms with van der Waals surface area (Å²) in [5.74, 6) is 0. The van der Waals surface area contributed by atoms with Crippen LogP contribution >= 0.6 is 0 Å². The van der Waals surface area contributed by atoms with Crippen LogP contribution in [0.15, 0.2) is 161 Å². The molecule has 1 spiro atoms. The Labute approximate surface area is 338 Å². The second-order valence-corrected chi connectivity index (χ2v) is 17.9. The van der Waals surface area contributed by atoms with Crippen LogP contribution in [0.2, 0.25) is 0 Å². The predicted octanol–water partition coefficient (Wildman–Crippen LogP) is 13.8. The van der Waals surface area contributed by atoms with Crippen molar-refractivity contribution >= 4 is 11.4 Å². The number of nitrogens with zero attached hydrogens (tertiary/aromatic N) is 1. The van der Waals surface area contributed by atoms with Crippen LogP contribution in [0.25, 0.3) is 39.1 Å². The van der Waals surface area contributed by atoms with Crippen molar-refractivity contribution in [2.45, 2.75) is 101 Å². The lowest BCUT2D eigenvalue weighted by molar-refractivity contribution is 0.353. The van der Waals surface area contributed by atoms with Gasteiger partial charge in [0.1, 0.15) is 0 Å². The molecule has 1 heterocycles. The Morgan fingerprint density at radius 3 is 2.07 bits per heavy atom. The normalized spacial score (nSPS) is 22.2. The minimum atomic E-state index is -0.130. The van der Waals surface area contributed by atoms with E-state index in [4.69, 9.17) is 4.99 Å². The lowest BCUT2D eigenvalue weighted by Crippen LogP contribution is -2.42. The van der Waals surface area contributed by atoms with E-state index in [9.17, 15) is 0 Å². The number of benzene rings is 4. The first-order chi connectivity index (χ1) is 28.0. The van der Waals surface area contributed by atoms with Gasteiger partial charge in [0.25, 0.3) is 0 Å². The van der Waals surface area contributed by atoms with E-state index < -0.39 is 0 Å². The molecule has 0 radical (unpaired) electrons. The molecule has 7 aliphatic rings. The maximum Gasteiger partial charge on any atom is 0.0940 e. The quantitative estimate of drug-likeness (QED) is 0.216. The molecule has 2 nitrogen and oxygen atoms in total. The van der Waals surface area contributed by atoms with E-state index in [1.807, 2.05) is 0 Å². The number of allylic oxidation sites excluding steroid dienone is 9. The molecule has 0 amide bonds. The molecule has 1 fully saturated rings. The monoisotopic (exact) mass is 740 g/mol. The zero-order chi connectivity index (χ0) is 38.1. The van der Waals surface area contributed by atoms with Crippen LogP contribution in [0.4, 0.5) is 0 Å². The summed E-state index contributed by atoms with van der Waals surface area (Å²) in [6.45, 7) is 4.91. The highest BCUT2D eigenvalue weighted by molar-refractivity contribution is 6.10. The molecule has 1 N–H and O–H groups in total. The highest BCUT2D eigenvalue weighted by atomic mass is 15.0. The van der Waals surface area contributed by atoms with E-state index in [2.05, 4.69) is 153 Å². The first-order valence-electron chi connectivity index (χ1n) is 21.7. The number of nitrogens with one attached hydrogen (secondary N) is 1. The van der Waals surface area contributed by atoms with Crippen molar-refractivity contribution in [1.29, 1.82) is 0 Å². The molecule has 4 aromatic rings. The molecule has 2 heteroatoms. The molecule has 1 unspecified atom stereocenters. The lowest BCUT2D eigenvalue weighted by atomic mass is 9.67. The van der Waals surface area contributed by atoms with E-state index in [1.165, 1.54) is 99.0 Å². The smallest absolute Gasteiger partial charge is 0.0940 e. The second kappa shape index (κ2) is 13.6. The molecule has 1 saturated carbocycles. The highest BCUT2D eigenvalue weighted by Crippen LogP contribution is 2.60. The molecular weight excluding hydrogens is 689 g/mol. The molecule has 4 aromatic carbocycles. The number of rotatable bonds is 5. The predicted molar refractivity (Wildman–Crippen MR) is 239 cm³/mol. The average Bonchev–Trinajstić information content (AvgIpc) is 3.67. The van der Waals surface area contributed by atoms with E-state index in [1.54, 1.807) is 11.1 Å². The Balaban J connectivity index is 1.01. The first kappa shape index (κ1) is 34.8. The van der Waals surface area contributed by atoms with Gasteiger partial charge in [0, 0.05) is 16.4 Å². The summed E-state index contributed by atoms with van der Waals surface area (Å²) in [4.78, 5) is 5.67. The number of fused-ring (bicyclic) bond motifs is 8. The Morgan fingerprint density at radius 2 is 1.32 bits per heavy atom. The molecule has 0 saturated heterocycles. The summed E-state index contributed by atoms with van der Waals surface area (Å²) < 4.78 is 0. The van der Waals surface area contributed by atoms with Gasteiger partial charge in [0.05, 0.1) is 23.1 Å². The minimum Gasteiger partial charge on any atom is -0.371 e. The minimum absolute atomic E-state index is 0.0442. The van der Waals surface area contributed by atoms with Crippen molar-refractivity contribution in [2.75, 3.05) is 0 Å². The van der Waals surface area contributed by atoms with Gasteiger partial charge in [-0.2, -0.15) is 0 Å². The topological polar surface area (TPSA) is 24.4 Å². The van der Waals surface area contributed by atoms with Crippen LogP contribution in [0.1, 0.15) is 112 Å². The van der Waals surface area contributed by atoms with Gasteiger partial charge in [-0.25, -0.2) is 4.99 Å². The first-order valence-corrected chi connectivity index (χ1v) is 21.7. The molecule has 282 valence electrons. The van der Waals surface area contributed by atoms with E-state index in [0.717, 1.165) is 55.5 Å². The maximum absolute atomic E-state index is 5.67. The van der Waals surface area contributed by atoms with Crippen molar-refractivity contribution in [3.8, 4) is 33.4 Å². The summed E-state index contributed by atoms with van der Waals surface area (Å²) in [6, 6.07) is 31.0. The summed E-state index contributed by atoms with van der Waals surface area (Å²) in [5, 5.41) is 4.10. The highest BCUT2D eigenvalue weighted by Gasteiger charge is 2.46. The zero-order valence-corrected chi connectivity index (χ0v) is 33.5. The van der Waals surface area contributed by atoms with Crippen LogP contribution in [0.3, 0.4) is 0 Å².